The number of nitrogens with two attached hydrogens (primary N) is 1. The molecule has 0 radical (unpaired) electrons. The Morgan fingerprint density at radius 3 is 1.96 bits per heavy atom. The predicted octanol–water partition coefficient (Wildman–Crippen LogP) is 4.30. The number of amides is 1. The van der Waals surface area contributed by atoms with Crippen LogP contribution < -0.4 is 10.6 Å². The Kier molecular flexibility index (Phi) is 5.14. The van der Waals surface area contributed by atoms with Gasteiger partial charge in [0.2, 0.25) is 5.91 Å². The number of para-hydroxylation sites is 1. The SMILES string of the molecule is Cc1ccccc1N(Cc1ccccc1)Cc1ccc(C(N)=O)cc1. The zero-order valence-electron chi connectivity index (χ0n) is 14.4. The Morgan fingerprint density at radius 2 is 1.36 bits per heavy atom. The molecule has 0 heterocycles. The van der Waals surface area contributed by atoms with Gasteiger partial charge in [0, 0.05) is 24.3 Å². The van der Waals surface area contributed by atoms with Gasteiger partial charge in [-0.2, -0.15) is 0 Å². The van der Waals surface area contributed by atoms with Gasteiger partial charge in [0.1, 0.15) is 0 Å². The number of rotatable bonds is 6. The lowest BCUT2D eigenvalue weighted by molar-refractivity contribution is 0.100. The van der Waals surface area contributed by atoms with Crippen molar-refractivity contribution in [1.82, 2.24) is 0 Å². The van der Waals surface area contributed by atoms with Gasteiger partial charge >= 0.3 is 0 Å². The second-order valence-electron chi connectivity index (χ2n) is 6.19. The van der Waals surface area contributed by atoms with Crippen LogP contribution in [0.15, 0.2) is 78.9 Å². The molecule has 25 heavy (non-hydrogen) atoms. The lowest BCUT2D eigenvalue weighted by Crippen LogP contribution is -2.23. The molecule has 0 atom stereocenters. The molecule has 0 spiro atoms. The predicted molar refractivity (Wildman–Crippen MR) is 102 cm³/mol. The first-order valence-corrected chi connectivity index (χ1v) is 8.37. The molecule has 3 rings (SSSR count). The van der Waals surface area contributed by atoms with Gasteiger partial charge in [0.15, 0.2) is 0 Å². The van der Waals surface area contributed by atoms with Crippen molar-refractivity contribution in [2.75, 3.05) is 4.90 Å². The monoisotopic (exact) mass is 330 g/mol. The van der Waals surface area contributed by atoms with E-state index >= 15 is 0 Å². The maximum absolute atomic E-state index is 11.3. The number of carbonyl (C=O) groups is 1. The molecule has 3 aromatic rings. The fraction of sp³-hybridized carbons (Fsp3) is 0.136. The third-order valence-corrected chi connectivity index (χ3v) is 4.28. The van der Waals surface area contributed by atoms with Crippen molar-refractivity contribution in [2.45, 2.75) is 20.0 Å². The van der Waals surface area contributed by atoms with Crippen LogP contribution in [0.25, 0.3) is 0 Å². The van der Waals surface area contributed by atoms with Gasteiger partial charge in [0.25, 0.3) is 0 Å². The molecule has 3 nitrogen and oxygen atoms in total. The average Bonchev–Trinajstić information content (AvgIpc) is 2.63. The number of primary amides is 1. The highest BCUT2D eigenvalue weighted by molar-refractivity contribution is 5.92. The van der Waals surface area contributed by atoms with Crippen LogP contribution in [-0.4, -0.2) is 5.91 Å². The standard InChI is InChI=1S/C22H22N2O/c1-17-7-5-6-10-21(17)24(15-18-8-3-2-4-9-18)16-19-11-13-20(14-12-19)22(23)25/h2-14H,15-16H2,1H3,(H2,23,25). The molecule has 0 aliphatic carbocycles. The molecule has 0 unspecified atom stereocenters. The first-order valence-electron chi connectivity index (χ1n) is 8.37. The Labute approximate surface area is 148 Å². The summed E-state index contributed by atoms with van der Waals surface area (Å²) < 4.78 is 0. The van der Waals surface area contributed by atoms with Crippen LogP contribution in [0, 0.1) is 6.92 Å². The second-order valence-corrected chi connectivity index (χ2v) is 6.19. The normalized spacial score (nSPS) is 10.4. The van der Waals surface area contributed by atoms with Crippen molar-refractivity contribution in [3.8, 4) is 0 Å². The third kappa shape index (κ3) is 4.27. The fourth-order valence-electron chi connectivity index (χ4n) is 2.94. The van der Waals surface area contributed by atoms with Crippen LogP contribution >= 0.6 is 0 Å². The van der Waals surface area contributed by atoms with E-state index in [9.17, 15) is 4.79 Å². The minimum absolute atomic E-state index is 0.397. The lowest BCUT2D eigenvalue weighted by atomic mass is 10.1. The van der Waals surface area contributed by atoms with Gasteiger partial charge < -0.3 is 10.6 Å². The van der Waals surface area contributed by atoms with Gasteiger partial charge in [-0.1, -0.05) is 60.7 Å². The Balaban J connectivity index is 1.88. The molecule has 0 saturated heterocycles. The highest BCUT2D eigenvalue weighted by Gasteiger charge is 2.11. The van der Waals surface area contributed by atoms with E-state index in [0.29, 0.717) is 5.56 Å². The first-order chi connectivity index (χ1) is 12.1. The molecule has 0 saturated carbocycles. The molecule has 0 aromatic heterocycles. The summed E-state index contributed by atoms with van der Waals surface area (Å²) in [5, 5.41) is 0. The molecule has 1 amide bonds. The summed E-state index contributed by atoms with van der Waals surface area (Å²) in [6.07, 6.45) is 0. The van der Waals surface area contributed by atoms with E-state index in [-0.39, 0.29) is 0 Å². The van der Waals surface area contributed by atoms with E-state index in [1.807, 2.05) is 18.2 Å². The number of hydrogen-bond acceptors (Lipinski definition) is 2. The molecule has 0 bridgehead atoms. The van der Waals surface area contributed by atoms with Crippen LogP contribution in [0.2, 0.25) is 0 Å². The van der Waals surface area contributed by atoms with Crippen LogP contribution in [0.5, 0.6) is 0 Å². The van der Waals surface area contributed by atoms with Crippen LogP contribution in [0.3, 0.4) is 0 Å². The molecule has 126 valence electrons. The van der Waals surface area contributed by atoms with E-state index in [0.717, 1.165) is 18.7 Å². The van der Waals surface area contributed by atoms with Crippen molar-refractivity contribution < 1.29 is 4.79 Å². The molecule has 3 aromatic carbocycles. The number of carbonyl (C=O) groups excluding carboxylic acids is 1. The highest BCUT2D eigenvalue weighted by atomic mass is 16.1. The van der Waals surface area contributed by atoms with Crippen molar-refractivity contribution in [1.29, 1.82) is 0 Å². The molecule has 0 fully saturated rings. The summed E-state index contributed by atoms with van der Waals surface area (Å²) in [7, 11) is 0. The number of benzene rings is 3. The molecule has 3 heteroatoms. The van der Waals surface area contributed by atoms with Crippen LogP contribution in [0.1, 0.15) is 27.0 Å². The number of nitrogens with zero attached hydrogens (tertiary/aromatic N) is 1. The van der Waals surface area contributed by atoms with Crippen LogP contribution in [-0.2, 0) is 13.1 Å². The van der Waals surface area contributed by atoms with E-state index in [4.69, 9.17) is 5.73 Å². The van der Waals surface area contributed by atoms with Crippen molar-refractivity contribution >= 4 is 11.6 Å². The largest absolute Gasteiger partial charge is 0.366 e. The van der Waals surface area contributed by atoms with Gasteiger partial charge in [0.05, 0.1) is 0 Å². The van der Waals surface area contributed by atoms with Gasteiger partial charge in [-0.3, -0.25) is 4.79 Å². The van der Waals surface area contributed by atoms with Gasteiger partial charge in [-0.25, -0.2) is 0 Å². The molecule has 0 aliphatic heterocycles. The summed E-state index contributed by atoms with van der Waals surface area (Å²) >= 11 is 0. The van der Waals surface area contributed by atoms with E-state index in [2.05, 4.69) is 60.4 Å². The molecule has 0 aliphatic rings. The molecule has 2 N–H and O–H groups in total. The Bertz CT molecular complexity index is 841. The van der Waals surface area contributed by atoms with Crippen molar-refractivity contribution in [3.05, 3.63) is 101 Å². The quantitative estimate of drug-likeness (QED) is 0.732. The van der Waals surface area contributed by atoms with Gasteiger partial charge in [-0.15, -0.1) is 0 Å². The lowest BCUT2D eigenvalue weighted by Gasteiger charge is -2.27. The average molecular weight is 330 g/mol. The summed E-state index contributed by atoms with van der Waals surface area (Å²) in [4.78, 5) is 13.6. The number of anilines is 1. The van der Waals surface area contributed by atoms with Crippen molar-refractivity contribution in [2.24, 2.45) is 5.73 Å². The summed E-state index contributed by atoms with van der Waals surface area (Å²) in [6, 6.07) is 26.4. The zero-order chi connectivity index (χ0) is 17.6. The summed E-state index contributed by atoms with van der Waals surface area (Å²) in [5.41, 5.74) is 10.7. The minimum atomic E-state index is -0.397. The molecular formula is C22H22N2O. The van der Waals surface area contributed by atoms with E-state index < -0.39 is 5.91 Å². The third-order valence-electron chi connectivity index (χ3n) is 4.28. The Morgan fingerprint density at radius 1 is 0.800 bits per heavy atom. The topological polar surface area (TPSA) is 46.3 Å². The number of hydrogen-bond donors (Lipinski definition) is 1. The van der Waals surface area contributed by atoms with Crippen molar-refractivity contribution in [3.63, 3.8) is 0 Å². The van der Waals surface area contributed by atoms with Gasteiger partial charge in [-0.05, 0) is 41.8 Å². The zero-order valence-corrected chi connectivity index (χ0v) is 14.4. The summed E-state index contributed by atoms with van der Waals surface area (Å²) in [6.45, 7) is 3.71. The maximum atomic E-state index is 11.3. The Hall–Kier alpha value is -3.07. The fourth-order valence-corrected chi connectivity index (χ4v) is 2.94. The first kappa shape index (κ1) is 16.8. The minimum Gasteiger partial charge on any atom is -0.366 e. The second kappa shape index (κ2) is 7.67. The maximum Gasteiger partial charge on any atom is 0.248 e. The smallest absolute Gasteiger partial charge is 0.248 e. The van der Waals surface area contributed by atoms with E-state index in [1.165, 1.54) is 16.8 Å². The highest BCUT2D eigenvalue weighted by Crippen LogP contribution is 2.24. The molecular weight excluding hydrogens is 308 g/mol. The van der Waals surface area contributed by atoms with E-state index in [1.54, 1.807) is 12.1 Å². The number of aryl methyl sites for hydroxylation is 1. The van der Waals surface area contributed by atoms with Crippen LogP contribution in [0.4, 0.5) is 5.69 Å². The summed E-state index contributed by atoms with van der Waals surface area (Å²) in [5.74, 6) is -0.397.